The molecular weight excluding hydrogens is 354 g/mol. The fraction of sp³-hybridized carbons (Fsp3) is 0.0909. The first kappa shape index (κ1) is 17.1. The van der Waals surface area contributed by atoms with Gasteiger partial charge in [-0.1, -0.05) is 36.4 Å². The van der Waals surface area contributed by atoms with Crippen LogP contribution in [0.2, 0.25) is 0 Å². The van der Waals surface area contributed by atoms with Crippen LogP contribution in [0.15, 0.2) is 60.1 Å². The number of aromatic amines is 1. The SMILES string of the molecule is C#Cc1nc(C(=O)NCCc2ccc(-c3cccc4[nH]ccc34)cc2)cs1. The van der Waals surface area contributed by atoms with Crippen LogP contribution < -0.4 is 5.32 Å². The molecule has 1 amide bonds. The lowest BCUT2D eigenvalue weighted by Crippen LogP contribution is -2.25. The van der Waals surface area contributed by atoms with Gasteiger partial charge in [-0.05, 0) is 41.2 Å². The molecule has 0 aliphatic rings. The molecule has 0 aliphatic carbocycles. The Kier molecular flexibility index (Phi) is 4.73. The van der Waals surface area contributed by atoms with Gasteiger partial charge >= 0.3 is 0 Å². The maximum atomic E-state index is 12.1. The van der Waals surface area contributed by atoms with Crippen LogP contribution in [0.1, 0.15) is 21.1 Å². The van der Waals surface area contributed by atoms with E-state index >= 15 is 0 Å². The summed E-state index contributed by atoms with van der Waals surface area (Å²) in [5, 5.41) is 6.30. The zero-order valence-corrected chi connectivity index (χ0v) is 15.3. The Hall–Kier alpha value is -3.36. The number of carbonyl (C=O) groups excluding carboxylic acids is 1. The molecule has 4 rings (SSSR count). The van der Waals surface area contributed by atoms with Crippen LogP contribution in [0.4, 0.5) is 0 Å². The Morgan fingerprint density at radius 1 is 1.19 bits per heavy atom. The van der Waals surface area contributed by atoms with Crippen molar-refractivity contribution in [1.29, 1.82) is 0 Å². The predicted molar refractivity (Wildman–Crippen MR) is 110 cm³/mol. The Balaban J connectivity index is 1.39. The molecule has 0 bridgehead atoms. The highest BCUT2D eigenvalue weighted by Gasteiger charge is 2.09. The first-order valence-corrected chi connectivity index (χ1v) is 9.48. The first-order chi connectivity index (χ1) is 13.2. The van der Waals surface area contributed by atoms with Gasteiger partial charge in [0.05, 0.1) is 0 Å². The maximum absolute atomic E-state index is 12.1. The largest absolute Gasteiger partial charge is 0.361 e. The van der Waals surface area contributed by atoms with Crippen LogP contribution in [0.25, 0.3) is 22.0 Å². The minimum Gasteiger partial charge on any atom is -0.361 e. The summed E-state index contributed by atoms with van der Waals surface area (Å²) in [6, 6.07) is 16.8. The van der Waals surface area contributed by atoms with E-state index in [9.17, 15) is 4.79 Å². The molecule has 0 unspecified atom stereocenters. The summed E-state index contributed by atoms with van der Waals surface area (Å²) >= 11 is 1.30. The second-order valence-corrected chi connectivity index (χ2v) is 6.99. The van der Waals surface area contributed by atoms with Crippen molar-refractivity contribution in [1.82, 2.24) is 15.3 Å². The van der Waals surface area contributed by atoms with Gasteiger partial charge in [-0.15, -0.1) is 17.8 Å². The lowest BCUT2D eigenvalue weighted by atomic mass is 10.00. The van der Waals surface area contributed by atoms with Gasteiger partial charge in [-0.2, -0.15) is 0 Å². The molecule has 0 fully saturated rings. The number of carbonyl (C=O) groups is 1. The second kappa shape index (κ2) is 7.48. The van der Waals surface area contributed by atoms with Gasteiger partial charge in [-0.3, -0.25) is 4.79 Å². The summed E-state index contributed by atoms with van der Waals surface area (Å²) in [7, 11) is 0. The highest BCUT2D eigenvalue weighted by atomic mass is 32.1. The number of hydrogen-bond acceptors (Lipinski definition) is 3. The zero-order chi connectivity index (χ0) is 18.6. The molecule has 2 aromatic heterocycles. The van der Waals surface area contributed by atoms with Crippen molar-refractivity contribution in [2.75, 3.05) is 6.54 Å². The molecule has 2 aromatic carbocycles. The van der Waals surface area contributed by atoms with Gasteiger partial charge in [0.1, 0.15) is 5.69 Å². The molecule has 0 saturated carbocycles. The number of nitrogens with zero attached hydrogens (tertiary/aromatic N) is 1. The average molecular weight is 371 g/mol. The van der Waals surface area contributed by atoms with Gasteiger partial charge in [-0.25, -0.2) is 4.98 Å². The molecule has 5 heteroatoms. The molecule has 0 aliphatic heterocycles. The fourth-order valence-corrected chi connectivity index (χ4v) is 3.65. The van der Waals surface area contributed by atoms with Crippen molar-refractivity contribution in [2.24, 2.45) is 0 Å². The topological polar surface area (TPSA) is 57.8 Å². The molecule has 4 aromatic rings. The van der Waals surface area contributed by atoms with E-state index < -0.39 is 0 Å². The summed E-state index contributed by atoms with van der Waals surface area (Å²) in [5.41, 5.74) is 5.07. The van der Waals surface area contributed by atoms with E-state index in [1.165, 1.54) is 33.4 Å². The highest BCUT2D eigenvalue weighted by molar-refractivity contribution is 7.10. The summed E-state index contributed by atoms with van der Waals surface area (Å²) in [6.07, 6.45) is 8.00. The lowest BCUT2D eigenvalue weighted by Gasteiger charge is -2.07. The van der Waals surface area contributed by atoms with Gasteiger partial charge in [0.2, 0.25) is 0 Å². The number of aromatic nitrogens is 2. The Bertz CT molecular complexity index is 1130. The van der Waals surface area contributed by atoms with Gasteiger partial charge in [0.15, 0.2) is 5.01 Å². The average Bonchev–Trinajstić information content (AvgIpc) is 3.37. The predicted octanol–water partition coefficient (Wildman–Crippen LogP) is 4.25. The van der Waals surface area contributed by atoms with Crippen molar-refractivity contribution in [3.8, 4) is 23.5 Å². The van der Waals surface area contributed by atoms with Gasteiger partial charge in [0.25, 0.3) is 5.91 Å². The highest BCUT2D eigenvalue weighted by Crippen LogP contribution is 2.28. The quantitative estimate of drug-likeness (QED) is 0.516. The molecule has 2 N–H and O–H groups in total. The summed E-state index contributed by atoms with van der Waals surface area (Å²) < 4.78 is 0. The molecule has 2 heterocycles. The van der Waals surface area contributed by atoms with E-state index in [2.05, 4.69) is 69.7 Å². The monoisotopic (exact) mass is 371 g/mol. The molecule has 0 radical (unpaired) electrons. The molecule has 0 saturated heterocycles. The number of H-pyrrole nitrogens is 1. The van der Waals surface area contributed by atoms with E-state index in [1.807, 2.05) is 6.20 Å². The standard InChI is InChI=1S/C22H17N3OS/c1-2-21-25-20(14-27-21)22(26)24-12-10-15-6-8-16(9-7-15)17-4-3-5-19-18(17)11-13-23-19/h1,3-9,11,13-14,23H,10,12H2,(H,24,26). The van der Waals surface area contributed by atoms with Crippen molar-refractivity contribution in [2.45, 2.75) is 6.42 Å². The number of terminal acetylenes is 1. The number of hydrogen-bond donors (Lipinski definition) is 2. The maximum Gasteiger partial charge on any atom is 0.270 e. The van der Waals surface area contributed by atoms with Gasteiger partial charge in [0, 0.05) is 29.0 Å². The summed E-state index contributed by atoms with van der Waals surface area (Å²) in [5.74, 6) is 2.25. The van der Waals surface area contributed by atoms with Crippen molar-refractivity contribution in [3.63, 3.8) is 0 Å². The number of fused-ring (bicyclic) bond motifs is 1. The lowest BCUT2D eigenvalue weighted by molar-refractivity contribution is 0.0950. The van der Waals surface area contributed by atoms with Crippen LogP contribution >= 0.6 is 11.3 Å². The van der Waals surface area contributed by atoms with E-state index in [-0.39, 0.29) is 5.91 Å². The van der Waals surface area contributed by atoms with Gasteiger partial charge < -0.3 is 10.3 Å². The Labute approximate surface area is 161 Å². The van der Waals surface area contributed by atoms with Crippen LogP contribution in [0, 0.1) is 12.3 Å². The Morgan fingerprint density at radius 2 is 2.04 bits per heavy atom. The molecular formula is C22H17N3OS. The number of rotatable bonds is 5. The molecule has 0 spiro atoms. The molecule has 132 valence electrons. The van der Waals surface area contributed by atoms with Crippen molar-refractivity contribution in [3.05, 3.63) is 76.4 Å². The minimum absolute atomic E-state index is 0.191. The normalized spacial score (nSPS) is 10.6. The van der Waals surface area contributed by atoms with E-state index in [1.54, 1.807) is 5.38 Å². The molecule has 27 heavy (non-hydrogen) atoms. The third-order valence-electron chi connectivity index (χ3n) is 4.42. The summed E-state index contributed by atoms with van der Waals surface area (Å²) in [4.78, 5) is 19.4. The summed E-state index contributed by atoms with van der Waals surface area (Å²) in [6.45, 7) is 0.550. The third-order valence-corrected chi connectivity index (χ3v) is 5.19. The smallest absolute Gasteiger partial charge is 0.270 e. The van der Waals surface area contributed by atoms with Crippen LogP contribution in [-0.2, 0) is 6.42 Å². The van der Waals surface area contributed by atoms with E-state index in [0.29, 0.717) is 17.2 Å². The second-order valence-electron chi connectivity index (χ2n) is 6.13. The third kappa shape index (κ3) is 3.62. The number of amides is 1. The van der Waals surface area contributed by atoms with Crippen molar-refractivity contribution >= 4 is 28.1 Å². The zero-order valence-electron chi connectivity index (χ0n) is 14.5. The first-order valence-electron chi connectivity index (χ1n) is 8.60. The van der Waals surface area contributed by atoms with E-state index in [0.717, 1.165) is 11.9 Å². The number of thiazole rings is 1. The van der Waals surface area contributed by atoms with E-state index in [4.69, 9.17) is 6.42 Å². The fourth-order valence-electron chi connectivity index (χ4n) is 3.04. The van der Waals surface area contributed by atoms with Crippen LogP contribution in [0.5, 0.6) is 0 Å². The number of nitrogens with one attached hydrogen (secondary N) is 2. The minimum atomic E-state index is -0.191. The van der Waals surface area contributed by atoms with Crippen molar-refractivity contribution < 1.29 is 4.79 Å². The molecule has 0 atom stereocenters. The molecule has 4 nitrogen and oxygen atoms in total. The van der Waals surface area contributed by atoms with Crippen LogP contribution in [-0.4, -0.2) is 22.4 Å². The van der Waals surface area contributed by atoms with Crippen LogP contribution in [0.3, 0.4) is 0 Å². The number of benzene rings is 2. The Morgan fingerprint density at radius 3 is 2.81 bits per heavy atom.